The van der Waals surface area contributed by atoms with Crippen LogP contribution in [0.3, 0.4) is 0 Å². The molecule has 2 aromatic heterocycles. The summed E-state index contributed by atoms with van der Waals surface area (Å²) in [5.74, 6) is 0.567. The highest BCUT2D eigenvalue weighted by Gasteiger charge is 2.43. The molecule has 0 fully saturated rings. The zero-order chi connectivity index (χ0) is 37.5. The molecule has 0 saturated carbocycles. The minimum atomic E-state index is 0.193. The highest BCUT2D eigenvalue weighted by atomic mass is 15.2. The number of benzene rings is 6. The number of rotatable bonds is 5. The molecule has 0 radical (unpaired) electrons. The molecule has 0 saturated heterocycles. The van der Waals surface area contributed by atoms with Gasteiger partial charge in [0.15, 0.2) is 0 Å². The lowest BCUT2D eigenvalue weighted by atomic mass is 9.88. The van der Waals surface area contributed by atoms with Crippen LogP contribution in [0.2, 0.25) is 0 Å². The number of para-hydroxylation sites is 3. The monoisotopic (exact) mass is 731 g/mol. The molecule has 272 valence electrons. The Kier molecular flexibility index (Phi) is 7.31. The smallest absolute Gasteiger partial charge is 0.0807 e. The fourth-order valence-electron chi connectivity index (χ4n) is 10.4. The zero-order valence-corrected chi connectivity index (χ0v) is 31.6. The average Bonchev–Trinajstić information content (AvgIpc) is 3.92. The summed E-state index contributed by atoms with van der Waals surface area (Å²) < 4.78 is 5.02. The third-order valence-electron chi connectivity index (χ3n) is 12.9. The Bertz CT molecular complexity index is 3150. The van der Waals surface area contributed by atoms with Gasteiger partial charge in [0.1, 0.15) is 0 Å². The predicted octanol–water partition coefficient (Wildman–Crippen LogP) is 11.4. The molecule has 4 aliphatic rings. The first-order valence-corrected chi connectivity index (χ1v) is 20.4. The van der Waals surface area contributed by atoms with Gasteiger partial charge in [-0.3, -0.25) is 0 Å². The van der Waals surface area contributed by atoms with Crippen LogP contribution in [-0.4, -0.2) is 21.2 Å². The van der Waals surface area contributed by atoms with Crippen LogP contribution in [0.15, 0.2) is 188 Å². The summed E-state index contributed by atoms with van der Waals surface area (Å²) in [7, 11) is 0. The SMILES string of the molecule is C1=CCC(N2c3ccccc3C3C=CC=C(n4c5ccccc5c5cc(C6C=c7c(n(-c8ccc(-c9ccccc9)cc8)c8ccccc78)=CC6)ccc54)C32)C=C1. The van der Waals surface area contributed by atoms with Crippen molar-refractivity contribution in [3.63, 3.8) is 0 Å². The standard InChI is InChI=1S/C54H41N3/c1-3-14-36(15-4-1)37-26-30-41(31-27-37)55-48-22-10-8-19-43(48)46-34-38(28-32-51(46)55)39-29-33-52-47(35-39)44-20-9-12-24-50(44)57(52)53-25-13-21-45-42-18-7-11-23-49(42)56(54(45)53)40-16-5-2-6-17-40/h1-16,18-27,29-35,38,40,45,54H,17,28H2. The van der Waals surface area contributed by atoms with Gasteiger partial charge in [0, 0.05) is 55.6 Å². The molecule has 12 rings (SSSR count). The van der Waals surface area contributed by atoms with E-state index in [2.05, 4.69) is 214 Å². The molecule has 0 bridgehead atoms. The molecular weight excluding hydrogens is 691 g/mol. The first kappa shape index (κ1) is 32.4. The van der Waals surface area contributed by atoms with Crippen molar-refractivity contribution in [3.8, 4) is 16.8 Å². The molecule has 3 nitrogen and oxygen atoms in total. The summed E-state index contributed by atoms with van der Waals surface area (Å²) in [5, 5.41) is 6.54. The van der Waals surface area contributed by atoms with Crippen molar-refractivity contribution < 1.29 is 0 Å². The highest BCUT2D eigenvalue weighted by molar-refractivity contribution is 6.11. The molecule has 8 aromatic rings. The predicted molar refractivity (Wildman–Crippen MR) is 239 cm³/mol. The van der Waals surface area contributed by atoms with Crippen molar-refractivity contribution in [3.05, 3.63) is 210 Å². The van der Waals surface area contributed by atoms with Gasteiger partial charge in [-0.25, -0.2) is 0 Å². The molecule has 3 aliphatic carbocycles. The van der Waals surface area contributed by atoms with Gasteiger partial charge in [0.05, 0.1) is 28.6 Å². The Morgan fingerprint density at radius 2 is 1.28 bits per heavy atom. The summed E-state index contributed by atoms with van der Waals surface area (Å²) in [6, 6.07) is 54.4. The summed E-state index contributed by atoms with van der Waals surface area (Å²) in [5.41, 5.74) is 12.9. The van der Waals surface area contributed by atoms with E-state index in [4.69, 9.17) is 0 Å². The second-order valence-corrected chi connectivity index (χ2v) is 15.9. The van der Waals surface area contributed by atoms with Gasteiger partial charge in [0.25, 0.3) is 0 Å². The minimum absolute atomic E-state index is 0.193. The molecule has 6 aromatic carbocycles. The Hall–Kier alpha value is -6.84. The first-order chi connectivity index (χ1) is 28.3. The lowest BCUT2D eigenvalue weighted by molar-refractivity contribution is 0.612. The van der Waals surface area contributed by atoms with Crippen LogP contribution in [0.25, 0.3) is 67.4 Å². The van der Waals surface area contributed by atoms with E-state index in [1.165, 1.54) is 82.6 Å². The molecule has 0 amide bonds. The summed E-state index contributed by atoms with van der Waals surface area (Å²) >= 11 is 0. The van der Waals surface area contributed by atoms with Crippen molar-refractivity contribution in [1.29, 1.82) is 0 Å². The van der Waals surface area contributed by atoms with E-state index in [0.717, 1.165) is 12.8 Å². The van der Waals surface area contributed by atoms with E-state index in [1.54, 1.807) is 0 Å². The number of hydrogen-bond acceptors (Lipinski definition) is 1. The molecule has 1 aliphatic heterocycles. The Balaban J connectivity index is 0.966. The second kappa shape index (κ2) is 12.9. The van der Waals surface area contributed by atoms with Crippen LogP contribution in [0, 0.1) is 0 Å². The van der Waals surface area contributed by atoms with Crippen LogP contribution in [0.5, 0.6) is 0 Å². The number of anilines is 1. The maximum Gasteiger partial charge on any atom is 0.0807 e. The Morgan fingerprint density at radius 3 is 2.12 bits per heavy atom. The molecule has 0 N–H and O–H groups in total. The van der Waals surface area contributed by atoms with Crippen LogP contribution >= 0.6 is 0 Å². The van der Waals surface area contributed by atoms with Crippen molar-refractivity contribution in [2.75, 3.05) is 4.90 Å². The van der Waals surface area contributed by atoms with E-state index in [0.29, 0.717) is 12.0 Å². The Morgan fingerprint density at radius 1 is 0.544 bits per heavy atom. The van der Waals surface area contributed by atoms with Crippen molar-refractivity contribution >= 4 is 56.2 Å². The number of hydrogen-bond donors (Lipinski definition) is 0. The molecule has 0 spiro atoms. The summed E-state index contributed by atoms with van der Waals surface area (Å²) in [4.78, 5) is 2.70. The van der Waals surface area contributed by atoms with Crippen molar-refractivity contribution in [1.82, 2.24) is 9.13 Å². The van der Waals surface area contributed by atoms with Gasteiger partial charge in [-0.2, -0.15) is 0 Å². The third-order valence-corrected chi connectivity index (χ3v) is 12.9. The largest absolute Gasteiger partial charge is 0.355 e. The number of nitrogens with zero attached hydrogens (tertiary/aromatic N) is 3. The van der Waals surface area contributed by atoms with E-state index >= 15 is 0 Å². The van der Waals surface area contributed by atoms with Gasteiger partial charge in [-0.05, 0) is 83.6 Å². The van der Waals surface area contributed by atoms with Crippen LogP contribution in [-0.2, 0) is 0 Å². The maximum atomic E-state index is 2.70. The highest BCUT2D eigenvalue weighted by Crippen LogP contribution is 2.50. The second-order valence-electron chi connectivity index (χ2n) is 15.9. The molecule has 3 heteroatoms. The molecule has 57 heavy (non-hydrogen) atoms. The van der Waals surface area contributed by atoms with E-state index in [9.17, 15) is 0 Å². The maximum absolute atomic E-state index is 2.70. The first-order valence-electron chi connectivity index (χ1n) is 20.4. The van der Waals surface area contributed by atoms with Crippen LogP contribution < -0.4 is 15.5 Å². The van der Waals surface area contributed by atoms with Gasteiger partial charge in [-0.1, -0.05) is 152 Å². The summed E-state index contributed by atoms with van der Waals surface area (Å²) in [6.45, 7) is 0. The van der Waals surface area contributed by atoms with Gasteiger partial charge in [0.2, 0.25) is 0 Å². The lowest BCUT2D eigenvalue weighted by Gasteiger charge is -2.38. The number of allylic oxidation sites excluding steroid dienone is 4. The van der Waals surface area contributed by atoms with Gasteiger partial charge >= 0.3 is 0 Å². The fraction of sp³-hybridized carbons (Fsp3) is 0.111. The zero-order valence-electron chi connectivity index (χ0n) is 31.6. The third kappa shape index (κ3) is 4.98. The minimum Gasteiger partial charge on any atom is -0.355 e. The average molecular weight is 732 g/mol. The fourth-order valence-corrected chi connectivity index (χ4v) is 10.4. The quantitative estimate of drug-likeness (QED) is 0.172. The van der Waals surface area contributed by atoms with Gasteiger partial charge < -0.3 is 14.0 Å². The molecule has 3 heterocycles. The molecular formula is C54H41N3. The lowest BCUT2D eigenvalue weighted by Crippen LogP contribution is -2.43. The van der Waals surface area contributed by atoms with Crippen molar-refractivity contribution in [2.45, 2.75) is 36.8 Å². The van der Waals surface area contributed by atoms with E-state index in [-0.39, 0.29) is 12.0 Å². The number of aromatic nitrogens is 2. The van der Waals surface area contributed by atoms with E-state index < -0.39 is 0 Å². The van der Waals surface area contributed by atoms with E-state index in [1.807, 2.05) is 0 Å². The number of fused-ring (bicyclic) bond motifs is 9. The normalized spacial score (nSPS) is 20.6. The molecule has 4 atom stereocenters. The summed E-state index contributed by atoms with van der Waals surface area (Å²) in [6.07, 6.45) is 23.2. The van der Waals surface area contributed by atoms with Crippen LogP contribution in [0.4, 0.5) is 5.69 Å². The Labute approximate surface area is 332 Å². The van der Waals surface area contributed by atoms with Crippen LogP contribution in [0.1, 0.15) is 35.8 Å². The molecule has 4 unspecified atom stereocenters. The topological polar surface area (TPSA) is 13.1 Å². The van der Waals surface area contributed by atoms with Gasteiger partial charge in [-0.15, -0.1) is 0 Å². The van der Waals surface area contributed by atoms with Crippen molar-refractivity contribution in [2.24, 2.45) is 0 Å².